The summed E-state index contributed by atoms with van der Waals surface area (Å²) < 4.78 is 28.2. The van der Waals surface area contributed by atoms with Crippen LogP contribution in [0.3, 0.4) is 0 Å². The number of aryl methyl sites for hydroxylation is 1. The van der Waals surface area contributed by atoms with Gasteiger partial charge in [0.15, 0.2) is 15.9 Å². The Morgan fingerprint density at radius 1 is 1.12 bits per heavy atom. The SMILES string of the molecule is Cc1ccc(S(C)(=O)=O)cc1C(=O)O[C@@H](C)C(=O)NC(=O)NC(C)C. The molecule has 0 aromatic heterocycles. The van der Waals surface area contributed by atoms with Crippen molar-refractivity contribution in [2.24, 2.45) is 0 Å². The number of carbonyl (C=O) groups excluding carboxylic acids is 3. The fourth-order valence-electron chi connectivity index (χ4n) is 1.84. The number of urea groups is 1. The summed E-state index contributed by atoms with van der Waals surface area (Å²) in [6.45, 7) is 6.38. The average molecular weight is 370 g/mol. The van der Waals surface area contributed by atoms with E-state index in [4.69, 9.17) is 4.74 Å². The molecular weight excluding hydrogens is 348 g/mol. The zero-order valence-electron chi connectivity index (χ0n) is 14.7. The molecule has 1 atom stereocenters. The molecule has 0 unspecified atom stereocenters. The van der Waals surface area contributed by atoms with Crippen molar-refractivity contribution in [1.29, 1.82) is 0 Å². The number of nitrogens with one attached hydrogen (secondary N) is 2. The number of benzene rings is 1. The van der Waals surface area contributed by atoms with E-state index < -0.39 is 33.8 Å². The third kappa shape index (κ3) is 6.18. The van der Waals surface area contributed by atoms with Crippen LogP contribution in [-0.4, -0.2) is 44.7 Å². The van der Waals surface area contributed by atoms with Crippen LogP contribution in [0.2, 0.25) is 0 Å². The first-order valence-electron chi connectivity index (χ1n) is 7.55. The number of ether oxygens (including phenoxy) is 1. The van der Waals surface area contributed by atoms with Gasteiger partial charge in [0.25, 0.3) is 5.91 Å². The molecule has 0 heterocycles. The number of carbonyl (C=O) groups is 3. The van der Waals surface area contributed by atoms with E-state index >= 15 is 0 Å². The van der Waals surface area contributed by atoms with E-state index in [0.29, 0.717) is 5.56 Å². The first kappa shape index (κ1) is 20.6. The Labute approximate surface area is 146 Å². The molecule has 0 bridgehead atoms. The van der Waals surface area contributed by atoms with Crippen LogP contribution in [0.15, 0.2) is 23.1 Å². The molecule has 2 N–H and O–H groups in total. The van der Waals surface area contributed by atoms with E-state index in [-0.39, 0.29) is 16.5 Å². The Hall–Kier alpha value is -2.42. The number of sulfone groups is 1. The standard InChI is InChI=1S/C16H22N2O6S/c1-9(2)17-16(21)18-14(19)11(4)24-15(20)13-8-12(25(5,22)23)7-6-10(13)3/h6-9,11H,1-5H3,(H2,17,18,19,21)/t11-/m0/s1. The van der Waals surface area contributed by atoms with Gasteiger partial charge in [0.05, 0.1) is 10.5 Å². The minimum Gasteiger partial charge on any atom is -0.449 e. The lowest BCUT2D eigenvalue weighted by Gasteiger charge is -2.15. The first-order chi connectivity index (χ1) is 11.4. The zero-order valence-corrected chi connectivity index (χ0v) is 15.6. The lowest BCUT2D eigenvalue weighted by Crippen LogP contribution is -2.46. The summed E-state index contributed by atoms with van der Waals surface area (Å²) in [6.07, 6.45) is -0.206. The summed E-state index contributed by atoms with van der Waals surface area (Å²) in [5.74, 6) is -1.64. The van der Waals surface area contributed by atoms with Gasteiger partial charge in [-0.1, -0.05) is 6.07 Å². The molecule has 0 spiro atoms. The zero-order chi connectivity index (χ0) is 19.4. The van der Waals surface area contributed by atoms with Crippen LogP contribution in [0.4, 0.5) is 4.79 Å². The molecule has 0 fully saturated rings. The molecule has 1 aromatic carbocycles. The predicted molar refractivity (Wildman–Crippen MR) is 91.0 cm³/mol. The van der Waals surface area contributed by atoms with Crippen molar-refractivity contribution >= 4 is 27.7 Å². The van der Waals surface area contributed by atoms with E-state index in [0.717, 1.165) is 6.26 Å². The highest BCUT2D eigenvalue weighted by Gasteiger charge is 2.23. The van der Waals surface area contributed by atoms with Crippen molar-refractivity contribution in [1.82, 2.24) is 10.6 Å². The molecule has 1 rings (SSSR count). The number of hydrogen-bond acceptors (Lipinski definition) is 6. The van der Waals surface area contributed by atoms with Gasteiger partial charge in [-0.2, -0.15) is 0 Å². The summed E-state index contributed by atoms with van der Waals surface area (Å²) in [4.78, 5) is 35.5. The lowest BCUT2D eigenvalue weighted by atomic mass is 10.1. The Balaban J connectivity index is 2.85. The van der Waals surface area contributed by atoms with Crippen LogP contribution in [0.1, 0.15) is 36.7 Å². The molecular formula is C16H22N2O6S. The minimum atomic E-state index is -3.49. The van der Waals surface area contributed by atoms with Gasteiger partial charge in [-0.15, -0.1) is 0 Å². The van der Waals surface area contributed by atoms with Crippen molar-refractivity contribution in [3.63, 3.8) is 0 Å². The normalized spacial score (nSPS) is 12.4. The van der Waals surface area contributed by atoms with Gasteiger partial charge in [0, 0.05) is 12.3 Å². The van der Waals surface area contributed by atoms with Crippen LogP contribution < -0.4 is 10.6 Å². The summed E-state index contributed by atoms with van der Waals surface area (Å²) in [6, 6.07) is 3.20. The van der Waals surface area contributed by atoms with Crippen molar-refractivity contribution in [3.05, 3.63) is 29.3 Å². The van der Waals surface area contributed by atoms with Crippen molar-refractivity contribution in [3.8, 4) is 0 Å². The van der Waals surface area contributed by atoms with Crippen molar-refractivity contribution in [2.75, 3.05) is 6.26 Å². The molecule has 138 valence electrons. The van der Waals surface area contributed by atoms with Gasteiger partial charge in [-0.05, 0) is 45.4 Å². The fourth-order valence-corrected chi connectivity index (χ4v) is 2.49. The summed E-state index contributed by atoms with van der Waals surface area (Å²) in [7, 11) is -3.49. The second-order valence-corrected chi connectivity index (χ2v) is 7.93. The molecule has 0 saturated heterocycles. The number of amides is 3. The van der Waals surface area contributed by atoms with E-state index in [9.17, 15) is 22.8 Å². The topological polar surface area (TPSA) is 119 Å². The number of esters is 1. The first-order valence-corrected chi connectivity index (χ1v) is 9.44. The highest BCUT2D eigenvalue weighted by atomic mass is 32.2. The quantitative estimate of drug-likeness (QED) is 0.751. The Bertz CT molecular complexity index is 786. The Morgan fingerprint density at radius 3 is 2.24 bits per heavy atom. The van der Waals surface area contributed by atoms with Gasteiger partial charge in [-0.25, -0.2) is 18.0 Å². The highest BCUT2D eigenvalue weighted by molar-refractivity contribution is 7.90. The largest absolute Gasteiger partial charge is 0.449 e. The van der Waals surface area contributed by atoms with Crippen LogP contribution >= 0.6 is 0 Å². The molecule has 0 radical (unpaired) electrons. The summed E-state index contributed by atoms with van der Waals surface area (Å²) >= 11 is 0. The van der Waals surface area contributed by atoms with Crippen molar-refractivity contribution in [2.45, 2.75) is 44.7 Å². The van der Waals surface area contributed by atoms with Gasteiger partial charge >= 0.3 is 12.0 Å². The number of hydrogen-bond donors (Lipinski definition) is 2. The maximum Gasteiger partial charge on any atom is 0.339 e. The van der Waals surface area contributed by atoms with E-state index in [1.807, 2.05) is 0 Å². The third-order valence-electron chi connectivity index (χ3n) is 3.17. The van der Waals surface area contributed by atoms with E-state index in [1.54, 1.807) is 20.8 Å². The lowest BCUT2D eigenvalue weighted by molar-refractivity contribution is -0.127. The maximum atomic E-state index is 12.2. The molecule has 9 heteroatoms. The fraction of sp³-hybridized carbons (Fsp3) is 0.438. The van der Waals surface area contributed by atoms with Crippen LogP contribution in [0.5, 0.6) is 0 Å². The van der Waals surface area contributed by atoms with Crippen LogP contribution in [-0.2, 0) is 19.4 Å². The smallest absolute Gasteiger partial charge is 0.339 e. The molecule has 0 aliphatic rings. The van der Waals surface area contributed by atoms with Crippen molar-refractivity contribution < 1.29 is 27.5 Å². The second kappa shape index (κ2) is 8.11. The maximum absolute atomic E-state index is 12.2. The molecule has 0 aliphatic heterocycles. The summed E-state index contributed by atoms with van der Waals surface area (Å²) in [5.41, 5.74) is 0.539. The molecule has 3 amide bonds. The second-order valence-electron chi connectivity index (χ2n) is 5.91. The van der Waals surface area contributed by atoms with E-state index in [1.165, 1.54) is 25.1 Å². The van der Waals surface area contributed by atoms with Crippen LogP contribution in [0.25, 0.3) is 0 Å². The molecule has 8 nitrogen and oxygen atoms in total. The third-order valence-corrected chi connectivity index (χ3v) is 4.28. The van der Waals surface area contributed by atoms with Gasteiger partial charge < -0.3 is 10.1 Å². The number of imide groups is 1. The Morgan fingerprint density at radius 2 is 1.72 bits per heavy atom. The molecule has 1 aromatic rings. The van der Waals surface area contributed by atoms with Gasteiger partial charge in [0.1, 0.15) is 0 Å². The van der Waals surface area contributed by atoms with E-state index in [2.05, 4.69) is 10.6 Å². The monoisotopic (exact) mass is 370 g/mol. The highest BCUT2D eigenvalue weighted by Crippen LogP contribution is 2.17. The van der Waals surface area contributed by atoms with Gasteiger partial charge in [-0.3, -0.25) is 10.1 Å². The predicted octanol–water partition coefficient (Wildman–Crippen LogP) is 1.18. The van der Waals surface area contributed by atoms with Crippen LogP contribution in [0, 0.1) is 6.92 Å². The minimum absolute atomic E-state index is 0.0292. The van der Waals surface area contributed by atoms with Gasteiger partial charge in [0.2, 0.25) is 0 Å². The molecule has 0 saturated carbocycles. The number of rotatable bonds is 5. The Kier molecular flexibility index (Phi) is 6.69. The molecule has 0 aliphatic carbocycles. The summed E-state index contributed by atoms with van der Waals surface area (Å²) in [5, 5.41) is 4.52. The average Bonchev–Trinajstić information content (AvgIpc) is 2.45. The molecule has 25 heavy (non-hydrogen) atoms.